The van der Waals surface area contributed by atoms with E-state index in [4.69, 9.17) is 31.5 Å². The zero-order valence-electron chi connectivity index (χ0n) is 19.9. The fraction of sp³-hybridized carbons (Fsp3) is 0.423. The van der Waals surface area contributed by atoms with Gasteiger partial charge in [0.15, 0.2) is 0 Å². The van der Waals surface area contributed by atoms with Gasteiger partial charge in [0.1, 0.15) is 12.4 Å². The summed E-state index contributed by atoms with van der Waals surface area (Å²) in [5.41, 5.74) is 9.86. The summed E-state index contributed by atoms with van der Waals surface area (Å²) in [6.07, 6.45) is 3.71. The van der Waals surface area contributed by atoms with Gasteiger partial charge in [-0.1, -0.05) is 43.7 Å². The van der Waals surface area contributed by atoms with Crippen molar-refractivity contribution in [2.24, 2.45) is 5.92 Å². The summed E-state index contributed by atoms with van der Waals surface area (Å²) in [4.78, 5) is 13.3. The van der Waals surface area contributed by atoms with Crippen molar-refractivity contribution >= 4 is 29.3 Å². The van der Waals surface area contributed by atoms with E-state index in [-0.39, 0.29) is 6.04 Å². The maximum Gasteiger partial charge on any atom is 0.210 e. The molecule has 2 aromatic carbocycles. The van der Waals surface area contributed by atoms with E-state index in [9.17, 15) is 4.79 Å². The molecule has 180 valence electrons. The molecular formula is C26H35ClN2O4. The fourth-order valence-corrected chi connectivity index (χ4v) is 3.70. The van der Waals surface area contributed by atoms with Gasteiger partial charge >= 0.3 is 0 Å². The number of methoxy groups -OCH3 is 2. The summed E-state index contributed by atoms with van der Waals surface area (Å²) in [7, 11) is 3.36. The van der Waals surface area contributed by atoms with E-state index in [2.05, 4.69) is 19.9 Å². The van der Waals surface area contributed by atoms with Crippen LogP contribution in [0.25, 0.3) is 5.57 Å². The lowest BCUT2D eigenvalue weighted by Gasteiger charge is -2.32. The first kappa shape index (κ1) is 26.7. The van der Waals surface area contributed by atoms with Crippen molar-refractivity contribution in [2.45, 2.75) is 26.3 Å². The number of benzene rings is 2. The fourth-order valence-electron chi connectivity index (χ4n) is 3.53. The molecule has 0 aromatic heterocycles. The van der Waals surface area contributed by atoms with Crippen molar-refractivity contribution in [1.29, 1.82) is 0 Å². The Labute approximate surface area is 202 Å². The Morgan fingerprint density at radius 2 is 1.85 bits per heavy atom. The minimum absolute atomic E-state index is 0.155. The summed E-state index contributed by atoms with van der Waals surface area (Å²) >= 11 is 6.14. The van der Waals surface area contributed by atoms with Crippen molar-refractivity contribution in [3.05, 3.63) is 64.7 Å². The third-order valence-electron chi connectivity index (χ3n) is 5.13. The van der Waals surface area contributed by atoms with Crippen LogP contribution in [-0.4, -0.2) is 51.9 Å². The molecule has 3 rings (SSSR count). The highest BCUT2D eigenvalue weighted by molar-refractivity contribution is 6.30. The zero-order valence-corrected chi connectivity index (χ0v) is 20.7. The normalized spacial score (nSPS) is 15.5. The molecule has 33 heavy (non-hydrogen) atoms. The van der Waals surface area contributed by atoms with Crippen LogP contribution in [0.1, 0.15) is 37.4 Å². The second-order valence-electron chi connectivity index (χ2n) is 8.22. The van der Waals surface area contributed by atoms with Crippen LogP contribution in [0.3, 0.4) is 0 Å². The molecule has 6 nitrogen and oxygen atoms in total. The van der Waals surface area contributed by atoms with E-state index in [1.54, 1.807) is 25.2 Å². The van der Waals surface area contributed by atoms with Crippen molar-refractivity contribution in [1.82, 2.24) is 4.90 Å². The monoisotopic (exact) mass is 474 g/mol. The van der Waals surface area contributed by atoms with Crippen LogP contribution >= 0.6 is 11.6 Å². The molecule has 0 bridgehead atoms. The number of carbonyl (C=O) groups excluding carboxylic acids is 1. The van der Waals surface area contributed by atoms with Crippen LogP contribution in [0.2, 0.25) is 5.02 Å². The highest BCUT2D eigenvalue weighted by atomic mass is 35.5. The first-order valence-electron chi connectivity index (χ1n) is 11.1. The number of carbonyl (C=O) groups is 1. The van der Waals surface area contributed by atoms with Gasteiger partial charge in [0.2, 0.25) is 6.41 Å². The maximum absolute atomic E-state index is 11.6. The molecule has 7 heteroatoms. The summed E-state index contributed by atoms with van der Waals surface area (Å²) in [6, 6.07) is 13.1. The highest BCUT2D eigenvalue weighted by Gasteiger charge is 2.24. The number of ether oxygens (including phenoxy) is 3. The lowest BCUT2D eigenvalue weighted by Crippen LogP contribution is -2.30. The Kier molecular flexibility index (Phi) is 11.2. The predicted molar refractivity (Wildman–Crippen MR) is 134 cm³/mol. The van der Waals surface area contributed by atoms with E-state index in [1.165, 1.54) is 0 Å². The van der Waals surface area contributed by atoms with E-state index in [1.807, 2.05) is 36.4 Å². The summed E-state index contributed by atoms with van der Waals surface area (Å²) < 4.78 is 15.4. The number of amides is 1. The van der Waals surface area contributed by atoms with Gasteiger partial charge in [0, 0.05) is 43.6 Å². The molecule has 2 aromatic rings. The Hall–Kier alpha value is -2.54. The van der Waals surface area contributed by atoms with Crippen molar-refractivity contribution in [3.8, 4) is 5.75 Å². The highest BCUT2D eigenvalue weighted by Crippen LogP contribution is 2.36. The average molecular weight is 475 g/mol. The summed E-state index contributed by atoms with van der Waals surface area (Å²) in [5.74, 6) is 1.45. The Morgan fingerprint density at radius 3 is 2.42 bits per heavy atom. The lowest BCUT2D eigenvalue weighted by atomic mass is 9.92. The Morgan fingerprint density at radius 1 is 1.12 bits per heavy atom. The van der Waals surface area contributed by atoms with E-state index >= 15 is 0 Å². The molecule has 1 heterocycles. The van der Waals surface area contributed by atoms with Crippen molar-refractivity contribution < 1.29 is 19.0 Å². The first-order chi connectivity index (χ1) is 15.9. The van der Waals surface area contributed by atoms with Crippen molar-refractivity contribution in [3.63, 3.8) is 0 Å². The number of anilines is 1. The number of hydrogen-bond donors (Lipinski definition) is 1. The standard InChI is InChI=1S/C21H23ClN2O3.C5H12O/c1-26-10-11-27-18-5-2-15(3-6-18)21-12-16(8-9-24(21)14-25)19-13-17(22)4-7-20(19)23;1-5(2)4-6-3/h2-7,12-14,21H,8-11,23H2,1H3;5H,4H2,1-3H3. The van der Waals surface area contributed by atoms with Gasteiger partial charge in [0.25, 0.3) is 0 Å². The average Bonchev–Trinajstić information content (AvgIpc) is 2.81. The molecule has 1 amide bonds. The molecule has 0 aliphatic carbocycles. The maximum atomic E-state index is 11.6. The number of nitrogens with two attached hydrogens (primary N) is 1. The quantitative estimate of drug-likeness (QED) is 0.306. The van der Waals surface area contributed by atoms with Gasteiger partial charge in [-0.2, -0.15) is 0 Å². The van der Waals surface area contributed by atoms with E-state index in [0.717, 1.165) is 41.9 Å². The summed E-state index contributed by atoms with van der Waals surface area (Å²) in [6.45, 7) is 6.79. The van der Waals surface area contributed by atoms with Crippen LogP contribution < -0.4 is 10.5 Å². The summed E-state index contributed by atoms with van der Waals surface area (Å²) in [5, 5.41) is 0.645. The molecule has 0 spiro atoms. The number of halogens is 1. The third-order valence-corrected chi connectivity index (χ3v) is 5.37. The first-order valence-corrected chi connectivity index (χ1v) is 11.4. The lowest BCUT2D eigenvalue weighted by molar-refractivity contribution is -0.119. The second-order valence-corrected chi connectivity index (χ2v) is 8.66. The van der Waals surface area contributed by atoms with E-state index < -0.39 is 0 Å². The zero-order chi connectivity index (χ0) is 24.2. The van der Waals surface area contributed by atoms with Gasteiger partial charge in [-0.25, -0.2) is 0 Å². The second kappa shape index (κ2) is 13.9. The predicted octanol–water partition coefficient (Wildman–Crippen LogP) is 5.22. The largest absolute Gasteiger partial charge is 0.491 e. The SMILES string of the molecule is COCC(C)C.COCCOc1ccc(C2C=C(c3cc(Cl)ccc3N)CCN2C=O)cc1. The van der Waals surface area contributed by atoms with Gasteiger partial charge < -0.3 is 24.8 Å². The molecule has 1 aliphatic heterocycles. The number of nitrogen functional groups attached to an aromatic ring is 1. The molecule has 2 N–H and O–H groups in total. The van der Waals surface area contributed by atoms with Crippen LogP contribution in [0, 0.1) is 5.92 Å². The van der Waals surface area contributed by atoms with Crippen LogP contribution in [0.15, 0.2) is 48.5 Å². The number of hydrogen-bond acceptors (Lipinski definition) is 5. The van der Waals surface area contributed by atoms with Crippen LogP contribution in [0.4, 0.5) is 5.69 Å². The van der Waals surface area contributed by atoms with E-state index in [0.29, 0.717) is 36.4 Å². The smallest absolute Gasteiger partial charge is 0.210 e. The van der Waals surface area contributed by atoms with Gasteiger partial charge in [-0.3, -0.25) is 4.79 Å². The Balaban J connectivity index is 0.000000569. The van der Waals surface area contributed by atoms with Crippen LogP contribution in [0.5, 0.6) is 5.75 Å². The number of nitrogens with zero attached hydrogens (tertiary/aromatic N) is 1. The molecule has 1 aliphatic rings. The number of rotatable bonds is 9. The van der Waals surface area contributed by atoms with Crippen LogP contribution in [-0.2, 0) is 14.3 Å². The van der Waals surface area contributed by atoms with Gasteiger partial charge in [0.05, 0.1) is 12.6 Å². The molecule has 0 fully saturated rings. The molecule has 0 saturated carbocycles. The molecule has 1 unspecified atom stereocenters. The minimum atomic E-state index is -0.155. The minimum Gasteiger partial charge on any atom is -0.491 e. The van der Waals surface area contributed by atoms with Gasteiger partial charge in [-0.05, 0) is 53.8 Å². The van der Waals surface area contributed by atoms with Gasteiger partial charge in [-0.15, -0.1) is 0 Å². The Bertz CT molecular complexity index is 900. The third kappa shape index (κ3) is 8.39. The van der Waals surface area contributed by atoms with Crippen molar-refractivity contribution in [2.75, 3.05) is 46.3 Å². The molecule has 1 atom stereocenters. The molecule has 0 radical (unpaired) electrons. The topological polar surface area (TPSA) is 74.0 Å². The molecular weight excluding hydrogens is 440 g/mol. The molecule has 0 saturated heterocycles.